The molecule has 0 atom stereocenters. The van der Waals surface area contributed by atoms with E-state index in [9.17, 15) is 0 Å². The van der Waals surface area contributed by atoms with Crippen LogP contribution in [-0.4, -0.2) is 29.2 Å². The normalized spacial score (nSPS) is 15.2. The summed E-state index contributed by atoms with van der Waals surface area (Å²) in [6.45, 7) is 2.47. The Labute approximate surface area is 110 Å². The molecule has 3 N–H and O–H groups in total. The Kier molecular flexibility index (Phi) is 5.02. The monoisotopic (exact) mass is 248 g/mol. The molecule has 0 bridgehead atoms. The molecule has 0 spiro atoms. The molecule has 0 heterocycles. The van der Waals surface area contributed by atoms with Crippen LogP contribution in [0.25, 0.3) is 0 Å². The standard InChI is InChI=1S/C15H24N2O/c16-14-6-4-5-13(11-14)12-17(15-7-8-15)9-2-1-3-10-18/h4-6,11,15,18H,1-3,7-10,12,16H2. The molecule has 0 aromatic heterocycles. The van der Waals surface area contributed by atoms with Gasteiger partial charge in [0.1, 0.15) is 0 Å². The topological polar surface area (TPSA) is 49.5 Å². The van der Waals surface area contributed by atoms with E-state index in [1.807, 2.05) is 12.1 Å². The van der Waals surface area contributed by atoms with Gasteiger partial charge in [-0.25, -0.2) is 0 Å². The van der Waals surface area contributed by atoms with Crippen molar-refractivity contribution in [1.82, 2.24) is 4.90 Å². The number of aliphatic hydroxyl groups excluding tert-OH is 1. The molecule has 0 amide bonds. The largest absolute Gasteiger partial charge is 0.399 e. The molecule has 1 aromatic rings. The van der Waals surface area contributed by atoms with Crippen LogP contribution in [0, 0.1) is 0 Å². The van der Waals surface area contributed by atoms with E-state index >= 15 is 0 Å². The lowest BCUT2D eigenvalue weighted by Crippen LogP contribution is -2.26. The summed E-state index contributed by atoms with van der Waals surface area (Å²) < 4.78 is 0. The molecule has 1 aliphatic rings. The fourth-order valence-corrected chi connectivity index (χ4v) is 2.36. The second-order valence-electron chi connectivity index (χ2n) is 5.23. The summed E-state index contributed by atoms with van der Waals surface area (Å²) in [6.07, 6.45) is 5.90. The number of rotatable bonds is 8. The fourth-order valence-electron chi connectivity index (χ4n) is 2.36. The Morgan fingerprint density at radius 3 is 2.72 bits per heavy atom. The summed E-state index contributed by atoms with van der Waals surface area (Å²) in [4.78, 5) is 2.56. The number of nitrogens with zero attached hydrogens (tertiary/aromatic N) is 1. The highest BCUT2D eigenvalue weighted by Gasteiger charge is 2.28. The van der Waals surface area contributed by atoms with Gasteiger partial charge in [-0.3, -0.25) is 4.90 Å². The van der Waals surface area contributed by atoms with Crippen LogP contribution in [0.4, 0.5) is 5.69 Å². The molecule has 18 heavy (non-hydrogen) atoms. The molecule has 1 fully saturated rings. The van der Waals surface area contributed by atoms with Crippen molar-refractivity contribution in [3.63, 3.8) is 0 Å². The molecular formula is C15H24N2O. The van der Waals surface area contributed by atoms with Gasteiger partial charge in [-0.05, 0) is 56.3 Å². The third kappa shape index (κ3) is 4.31. The van der Waals surface area contributed by atoms with Crippen LogP contribution in [0.2, 0.25) is 0 Å². The van der Waals surface area contributed by atoms with Crippen LogP contribution in [-0.2, 0) is 6.54 Å². The number of unbranched alkanes of at least 4 members (excludes halogenated alkanes) is 2. The highest BCUT2D eigenvalue weighted by atomic mass is 16.2. The van der Waals surface area contributed by atoms with Crippen LogP contribution >= 0.6 is 0 Å². The molecule has 0 unspecified atom stereocenters. The maximum Gasteiger partial charge on any atom is 0.0431 e. The Morgan fingerprint density at radius 1 is 1.22 bits per heavy atom. The molecule has 0 aliphatic heterocycles. The molecule has 1 aliphatic carbocycles. The third-order valence-electron chi connectivity index (χ3n) is 3.50. The van der Waals surface area contributed by atoms with Gasteiger partial charge in [0.25, 0.3) is 0 Å². The average Bonchev–Trinajstić information content (AvgIpc) is 3.17. The minimum absolute atomic E-state index is 0.318. The first-order valence-electron chi connectivity index (χ1n) is 6.99. The first kappa shape index (κ1) is 13.4. The van der Waals surface area contributed by atoms with Crippen molar-refractivity contribution in [2.75, 3.05) is 18.9 Å². The van der Waals surface area contributed by atoms with Crippen LogP contribution in [0.3, 0.4) is 0 Å². The first-order chi connectivity index (χ1) is 8.79. The molecule has 2 rings (SSSR count). The predicted octanol–water partition coefficient (Wildman–Crippen LogP) is 2.40. The average molecular weight is 248 g/mol. The van der Waals surface area contributed by atoms with Gasteiger partial charge in [-0.2, -0.15) is 0 Å². The van der Waals surface area contributed by atoms with E-state index in [2.05, 4.69) is 17.0 Å². The molecular weight excluding hydrogens is 224 g/mol. The zero-order chi connectivity index (χ0) is 12.8. The van der Waals surface area contributed by atoms with Crippen molar-refractivity contribution in [2.24, 2.45) is 0 Å². The van der Waals surface area contributed by atoms with Crippen molar-refractivity contribution in [3.05, 3.63) is 29.8 Å². The van der Waals surface area contributed by atoms with Crippen molar-refractivity contribution in [1.29, 1.82) is 0 Å². The van der Waals surface area contributed by atoms with Gasteiger partial charge in [0.05, 0.1) is 0 Å². The van der Waals surface area contributed by atoms with Gasteiger partial charge >= 0.3 is 0 Å². The van der Waals surface area contributed by atoms with Crippen molar-refractivity contribution >= 4 is 5.69 Å². The van der Waals surface area contributed by atoms with Crippen molar-refractivity contribution in [2.45, 2.75) is 44.7 Å². The van der Waals surface area contributed by atoms with E-state index in [0.29, 0.717) is 6.61 Å². The number of nitrogens with two attached hydrogens (primary N) is 1. The first-order valence-corrected chi connectivity index (χ1v) is 6.99. The Bertz CT molecular complexity index is 363. The van der Waals surface area contributed by atoms with Gasteiger partial charge in [-0.1, -0.05) is 12.1 Å². The summed E-state index contributed by atoms with van der Waals surface area (Å²) in [5.74, 6) is 0. The summed E-state index contributed by atoms with van der Waals surface area (Å²) in [7, 11) is 0. The Morgan fingerprint density at radius 2 is 2.06 bits per heavy atom. The molecule has 1 saturated carbocycles. The molecule has 3 heteroatoms. The van der Waals surface area contributed by atoms with Gasteiger partial charge in [0, 0.05) is 24.9 Å². The summed E-state index contributed by atoms with van der Waals surface area (Å²) >= 11 is 0. The summed E-state index contributed by atoms with van der Waals surface area (Å²) in [5, 5.41) is 8.79. The molecule has 100 valence electrons. The SMILES string of the molecule is Nc1cccc(CN(CCCCCO)C2CC2)c1. The molecule has 0 radical (unpaired) electrons. The summed E-state index contributed by atoms with van der Waals surface area (Å²) in [6, 6.07) is 8.97. The highest BCUT2D eigenvalue weighted by Crippen LogP contribution is 2.28. The minimum atomic E-state index is 0.318. The second-order valence-corrected chi connectivity index (χ2v) is 5.23. The summed E-state index contributed by atoms with van der Waals surface area (Å²) in [5.41, 5.74) is 7.98. The number of nitrogen functional groups attached to an aromatic ring is 1. The van der Waals surface area contributed by atoms with Crippen LogP contribution in [0.1, 0.15) is 37.7 Å². The smallest absolute Gasteiger partial charge is 0.0431 e. The number of hydrogen-bond acceptors (Lipinski definition) is 3. The highest BCUT2D eigenvalue weighted by molar-refractivity contribution is 5.40. The minimum Gasteiger partial charge on any atom is -0.399 e. The quantitative estimate of drug-likeness (QED) is 0.548. The fraction of sp³-hybridized carbons (Fsp3) is 0.600. The number of benzene rings is 1. The van der Waals surface area contributed by atoms with E-state index in [1.54, 1.807) is 0 Å². The van der Waals surface area contributed by atoms with Gasteiger partial charge < -0.3 is 10.8 Å². The molecule has 1 aromatic carbocycles. The lowest BCUT2D eigenvalue weighted by molar-refractivity contribution is 0.239. The zero-order valence-corrected chi connectivity index (χ0v) is 11.0. The van der Waals surface area contributed by atoms with Crippen molar-refractivity contribution < 1.29 is 5.11 Å². The number of aliphatic hydroxyl groups is 1. The van der Waals surface area contributed by atoms with Crippen LogP contribution in [0.15, 0.2) is 24.3 Å². The Hall–Kier alpha value is -1.06. The lowest BCUT2D eigenvalue weighted by atomic mass is 10.1. The van der Waals surface area contributed by atoms with Gasteiger partial charge in [0.15, 0.2) is 0 Å². The number of hydrogen-bond donors (Lipinski definition) is 2. The second kappa shape index (κ2) is 6.76. The van der Waals surface area contributed by atoms with E-state index in [1.165, 1.54) is 24.8 Å². The van der Waals surface area contributed by atoms with Crippen molar-refractivity contribution in [3.8, 4) is 0 Å². The maximum absolute atomic E-state index is 8.79. The van der Waals surface area contributed by atoms with Gasteiger partial charge in [-0.15, -0.1) is 0 Å². The van der Waals surface area contributed by atoms with E-state index in [0.717, 1.165) is 37.7 Å². The molecule has 0 saturated heterocycles. The zero-order valence-electron chi connectivity index (χ0n) is 11.0. The third-order valence-corrected chi connectivity index (χ3v) is 3.50. The Balaban J connectivity index is 1.82. The van der Waals surface area contributed by atoms with E-state index < -0.39 is 0 Å². The van der Waals surface area contributed by atoms with E-state index in [4.69, 9.17) is 10.8 Å². The predicted molar refractivity (Wildman–Crippen MR) is 75.2 cm³/mol. The van der Waals surface area contributed by atoms with Crippen LogP contribution < -0.4 is 5.73 Å². The molecule has 3 nitrogen and oxygen atoms in total. The number of anilines is 1. The lowest BCUT2D eigenvalue weighted by Gasteiger charge is -2.22. The van der Waals surface area contributed by atoms with Crippen LogP contribution in [0.5, 0.6) is 0 Å². The van der Waals surface area contributed by atoms with E-state index in [-0.39, 0.29) is 0 Å². The maximum atomic E-state index is 8.79. The van der Waals surface area contributed by atoms with Gasteiger partial charge in [0.2, 0.25) is 0 Å².